The summed E-state index contributed by atoms with van der Waals surface area (Å²) < 4.78 is 42.7. The molecule has 25 nitrogen and oxygen atoms in total. The number of Topliss-reactive ketones (excluding diaryl/α,β-unsaturated/α-hetero) is 1. The molecule has 2 bridgehead atoms. The Morgan fingerprint density at radius 2 is 1.32 bits per heavy atom. The van der Waals surface area contributed by atoms with E-state index in [-0.39, 0.29) is 83.7 Å². The Kier molecular flexibility index (Phi) is 27.1. The Balaban J connectivity index is 0.00000773. The summed E-state index contributed by atoms with van der Waals surface area (Å²) in [5.74, 6) is -9.30. The van der Waals surface area contributed by atoms with E-state index in [4.69, 9.17) is 44.6 Å². The molecule has 4 aliphatic rings. The molecule has 2 unspecified atom stereocenters. The number of aliphatic hydroxyl groups excluding tert-OH is 1. The van der Waals surface area contributed by atoms with Crippen molar-refractivity contribution in [2.24, 2.45) is 40.1 Å². The fraction of sp³-hybridized carbons (Fsp3) is 0.500. The molecule has 1 aliphatic heterocycles. The highest BCUT2D eigenvalue weighted by atomic mass is 35.5. The Morgan fingerprint density at radius 3 is 1.88 bits per heavy atom. The number of esters is 4. The zero-order valence-electron chi connectivity index (χ0n) is 57.1. The molecule has 4 amide bonds. The third kappa shape index (κ3) is 17.5. The zero-order chi connectivity index (χ0) is 70.9. The molecule has 4 aromatic carbocycles. The van der Waals surface area contributed by atoms with Gasteiger partial charge in [-0.3, -0.25) is 33.6 Å². The number of unbranched alkanes of at least 4 members (excludes halogenated alkanes) is 1. The average molecular weight is 1420 g/mol. The van der Waals surface area contributed by atoms with Crippen LogP contribution in [0.4, 0.5) is 10.5 Å². The number of rotatable bonds is 26. The van der Waals surface area contributed by atoms with Crippen LogP contribution in [0, 0.1) is 28.6 Å². The topological polar surface area (TPSA) is 376 Å². The highest BCUT2D eigenvalue weighted by Gasteiger charge is 2.78. The summed E-state index contributed by atoms with van der Waals surface area (Å²) in [6.07, 6.45) is -11.4. The van der Waals surface area contributed by atoms with Crippen molar-refractivity contribution < 1.29 is 91.3 Å². The Bertz CT molecular complexity index is 3580. The highest BCUT2D eigenvalue weighted by Crippen LogP contribution is 2.64. The minimum atomic E-state index is -2.55. The minimum absolute atomic E-state index is 0. The number of ether oxygens (including phenoxy) is 7. The quantitative estimate of drug-likeness (QED) is 0.0136. The molecule has 99 heavy (non-hydrogen) atoms. The number of carbonyl (C=O) groups excluding carboxylic acids is 10. The normalized spacial score (nSPS) is 24.9. The first-order valence-electron chi connectivity index (χ1n) is 32.7. The molecule has 3 aliphatic carbocycles. The number of aliphatic hydroxyl groups is 2. The van der Waals surface area contributed by atoms with E-state index < -0.39 is 168 Å². The number of amides is 4. The van der Waals surface area contributed by atoms with E-state index in [9.17, 15) is 48.6 Å². The van der Waals surface area contributed by atoms with Crippen LogP contribution in [0.5, 0.6) is 0 Å². The summed E-state index contributed by atoms with van der Waals surface area (Å²) in [5, 5.41) is 37.7. The number of hydrogen-bond acceptors (Lipinski definition) is 21. The number of nitrogens with two attached hydrogens (primary N) is 2. The van der Waals surface area contributed by atoms with Crippen LogP contribution < -0.4 is 32.7 Å². The number of halogens is 2. The van der Waals surface area contributed by atoms with E-state index in [1.165, 1.54) is 76.2 Å². The second kappa shape index (κ2) is 33.7. The van der Waals surface area contributed by atoms with Crippen molar-refractivity contribution in [1.29, 1.82) is 0 Å². The summed E-state index contributed by atoms with van der Waals surface area (Å²) in [6.45, 7) is 14.9. The van der Waals surface area contributed by atoms with Crippen molar-refractivity contribution >= 4 is 89.9 Å². The van der Waals surface area contributed by atoms with E-state index in [0.29, 0.717) is 30.6 Å². The van der Waals surface area contributed by atoms with Gasteiger partial charge in [-0.2, -0.15) is 0 Å². The monoisotopic (exact) mass is 1410 g/mol. The second-order valence-corrected chi connectivity index (χ2v) is 27.0. The first kappa shape index (κ1) is 79.7. The lowest BCUT2D eigenvalue weighted by atomic mass is 9.44. The van der Waals surface area contributed by atoms with Gasteiger partial charge >= 0.3 is 30.0 Å². The number of nitrogens with one attached hydrogen (secondary N) is 4. The molecule has 14 atom stereocenters. The van der Waals surface area contributed by atoms with Gasteiger partial charge in [-0.15, -0.1) is 24.8 Å². The molecule has 4 aromatic rings. The third-order valence-electron chi connectivity index (χ3n) is 19.2. The first-order valence-corrected chi connectivity index (χ1v) is 32.7. The van der Waals surface area contributed by atoms with Gasteiger partial charge in [0.2, 0.25) is 23.8 Å². The fourth-order valence-corrected chi connectivity index (χ4v) is 13.8. The van der Waals surface area contributed by atoms with Gasteiger partial charge < -0.3 is 76.1 Å². The van der Waals surface area contributed by atoms with E-state index in [2.05, 4.69) is 21.3 Å². The largest absolute Gasteiger partial charge is 0.509 e. The average Bonchev–Trinajstić information content (AvgIpc) is 0.669. The summed E-state index contributed by atoms with van der Waals surface area (Å²) in [7, 11) is 0. The van der Waals surface area contributed by atoms with E-state index in [0.717, 1.165) is 13.8 Å². The Hall–Kier alpha value is -8.30. The van der Waals surface area contributed by atoms with Crippen LogP contribution in [0.1, 0.15) is 146 Å². The summed E-state index contributed by atoms with van der Waals surface area (Å²) >= 11 is 0. The van der Waals surface area contributed by atoms with E-state index in [1.54, 1.807) is 80.6 Å². The van der Waals surface area contributed by atoms with Crippen LogP contribution in [0.25, 0.3) is 0 Å². The molecule has 27 heteroatoms. The summed E-state index contributed by atoms with van der Waals surface area (Å²) in [6, 6.07) is 25.3. The Labute approximate surface area is 588 Å². The zero-order valence-corrected chi connectivity index (χ0v) is 58.8. The molecule has 3 fully saturated rings. The van der Waals surface area contributed by atoms with Gasteiger partial charge in [0.25, 0.3) is 5.91 Å². The summed E-state index contributed by atoms with van der Waals surface area (Å²) in [4.78, 5) is 142. The lowest BCUT2D eigenvalue weighted by Gasteiger charge is -2.67. The second-order valence-electron chi connectivity index (χ2n) is 27.0. The Morgan fingerprint density at radius 1 is 0.727 bits per heavy atom. The van der Waals surface area contributed by atoms with Crippen LogP contribution in [0.15, 0.2) is 126 Å². The maximum absolute atomic E-state index is 15.9. The van der Waals surface area contributed by atoms with Crippen molar-refractivity contribution in [1.82, 2.24) is 16.0 Å². The molecule has 1 heterocycles. The van der Waals surface area contributed by atoms with Gasteiger partial charge in [0.1, 0.15) is 48.6 Å². The number of hydrogen-bond donors (Lipinski definition) is 8. The predicted molar refractivity (Wildman–Crippen MR) is 365 cm³/mol. The van der Waals surface area contributed by atoms with Gasteiger partial charge in [0.15, 0.2) is 17.5 Å². The molecule has 1 saturated heterocycles. The smallest absolute Gasteiger partial charge is 0.455 e. The van der Waals surface area contributed by atoms with Gasteiger partial charge in [0.05, 0.1) is 35.6 Å². The van der Waals surface area contributed by atoms with Crippen molar-refractivity contribution in [3.63, 3.8) is 0 Å². The molecule has 2 saturated carbocycles. The van der Waals surface area contributed by atoms with Gasteiger partial charge in [-0.05, 0) is 117 Å². The van der Waals surface area contributed by atoms with Crippen LogP contribution >= 0.6 is 24.8 Å². The molecule has 10 N–H and O–H groups in total. The molecular weight excluding hydrogens is 1320 g/mol. The molecule has 538 valence electrons. The number of benzene rings is 4. The van der Waals surface area contributed by atoms with Crippen LogP contribution in [-0.2, 0) is 73.3 Å². The predicted octanol–water partition coefficient (Wildman–Crippen LogP) is 7.01. The first-order chi connectivity index (χ1) is 45.9. The fourth-order valence-electron chi connectivity index (χ4n) is 13.8. The maximum atomic E-state index is 15.9. The van der Waals surface area contributed by atoms with Crippen molar-refractivity contribution in [2.45, 2.75) is 186 Å². The molecule has 0 spiro atoms. The highest BCUT2D eigenvalue weighted by molar-refractivity contribution is 5.99. The number of fused-ring (bicyclic) bond motifs is 5. The molecule has 8 rings (SSSR count). The van der Waals surface area contributed by atoms with Gasteiger partial charge in [-0.1, -0.05) is 120 Å². The SMILES string of the molecule is CC(=O)O[C@H]1C(=O)[C@@]2(C)[C@H]([C@H](OC(=O)c3ccccc3)[C@]3(O)CC(OC(=O)[C@H](OC(=O)OCc4ccc(NC(=O)[C@H](CCCCN)NC(=O)[C@H](CC(C)C)NC(=O)[C@H](N)C(C)C)cc4)C(NC(=O)c4ccccc4)c4ccccc4)C(C)=C1C3(C)C)[C@]1(OC(C)=O)CO[C@@H]1C[C@@H]2O.Cl.Cl. The minimum Gasteiger partial charge on any atom is -0.455 e. The number of anilines is 1. The van der Waals surface area contributed by atoms with Crippen LogP contribution in [0.2, 0.25) is 0 Å². The van der Waals surface area contributed by atoms with Crippen molar-refractivity contribution in [3.05, 3.63) is 149 Å². The number of carbonyl (C=O) groups is 10. The lowest BCUT2D eigenvalue weighted by Crippen LogP contribution is -2.82. The van der Waals surface area contributed by atoms with E-state index >= 15 is 9.59 Å². The molecule has 0 radical (unpaired) electrons. The summed E-state index contributed by atoms with van der Waals surface area (Å²) in [5.41, 5.74) is 4.46. The van der Waals surface area contributed by atoms with Crippen LogP contribution in [0.3, 0.4) is 0 Å². The van der Waals surface area contributed by atoms with Gasteiger partial charge in [-0.25, -0.2) is 14.4 Å². The van der Waals surface area contributed by atoms with Gasteiger partial charge in [0, 0.05) is 43.4 Å². The van der Waals surface area contributed by atoms with E-state index in [1.807, 2.05) is 13.8 Å². The standard InChI is InChI=1S/C72H90N6O19.2ClH/c1-39(2)34-50(77-65(86)55(74)40(3)4)64(85)76-49(28-20-21-33-73)63(84)75-48-31-29-44(30-32-48)37-91-68(89)95-58(56(45-22-14-11-15-23-45)78-62(83)46-24-16-12-17-25-46)67(88)94-51-36-72(90)61(96-66(87)47-26-18-13-19-27-47)59-70(10,52(81)35-53-71(59,38-92-53)97-43(7)80)60(82)57(93-42(6)79)54(41(51)5)69(72,8)9;;/h11-19,22-27,29-32,39-40,49-53,55-59,61,81,90H,20-21,28,33-38,73-74H2,1-10H3,(H,75,84)(H,76,85)(H,77,86)(H,78,83);2*1H/t49-,50-,51?,52-,53+,55+,56?,57+,58+,59-,61-,70+,71-,72+;;/m0../s1. The van der Waals surface area contributed by atoms with Crippen molar-refractivity contribution in [3.8, 4) is 0 Å². The van der Waals surface area contributed by atoms with Crippen molar-refractivity contribution in [2.75, 3.05) is 18.5 Å². The maximum Gasteiger partial charge on any atom is 0.509 e. The third-order valence-corrected chi connectivity index (χ3v) is 19.2. The molecule has 0 aromatic heterocycles. The lowest BCUT2D eigenvalue weighted by molar-refractivity contribution is -0.346. The van der Waals surface area contributed by atoms with Crippen LogP contribution in [-0.4, -0.2) is 149 Å². The molecular formula is C72H92Cl2N6O19. The number of ketones is 1.